The molecule has 0 saturated heterocycles. The first-order chi connectivity index (χ1) is 13.3. The Hall–Kier alpha value is -2.94. The highest BCUT2D eigenvalue weighted by atomic mass is 32.2. The van der Waals surface area contributed by atoms with Gasteiger partial charge in [-0.15, -0.1) is 4.40 Å². The van der Waals surface area contributed by atoms with Gasteiger partial charge < -0.3 is 15.0 Å². The van der Waals surface area contributed by atoms with Gasteiger partial charge in [-0.2, -0.15) is 0 Å². The summed E-state index contributed by atoms with van der Waals surface area (Å²) in [5.74, 6) is -0.986. The Morgan fingerprint density at radius 2 is 1.96 bits per heavy atom. The van der Waals surface area contributed by atoms with Gasteiger partial charge in [0.25, 0.3) is 15.9 Å². The van der Waals surface area contributed by atoms with E-state index in [4.69, 9.17) is 4.74 Å². The van der Waals surface area contributed by atoms with E-state index < -0.39 is 28.0 Å². The van der Waals surface area contributed by atoms with Crippen molar-refractivity contribution in [3.8, 4) is 0 Å². The van der Waals surface area contributed by atoms with E-state index in [0.29, 0.717) is 5.69 Å². The molecular weight excluding hydrogens is 382 g/mol. The lowest BCUT2D eigenvalue weighted by Gasteiger charge is -2.27. The molecule has 1 aromatic carbocycles. The van der Waals surface area contributed by atoms with E-state index in [0.717, 1.165) is 12.0 Å². The second-order valence-electron chi connectivity index (χ2n) is 6.43. The number of anilines is 1. The van der Waals surface area contributed by atoms with Crippen LogP contribution in [0.5, 0.6) is 0 Å². The number of nitrogens with one attached hydrogen (secondary N) is 1. The molecule has 3 rings (SSSR count). The molecular formula is C19H21N3O5S. The maximum Gasteiger partial charge on any atom is 0.340 e. The molecule has 0 aliphatic carbocycles. The number of benzene rings is 1. The van der Waals surface area contributed by atoms with E-state index >= 15 is 0 Å². The third-order valence-corrected chi connectivity index (χ3v) is 5.51. The number of sulfonamides is 1. The minimum atomic E-state index is -3.46. The predicted molar refractivity (Wildman–Crippen MR) is 105 cm³/mol. The average molecular weight is 403 g/mol. The molecule has 0 radical (unpaired) electrons. The summed E-state index contributed by atoms with van der Waals surface area (Å²) >= 11 is 0. The highest BCUT2D eigenvalue weighted by molar-refractivity contribution is 7.90. The molecule has 0 bridgehead atoms. The molecule has 2 heterocycles. The number of ether oxygens (including phenoxy) is 1. The molecule has 148 valence electrons. The van der Waals surface area contributed by atoms with Crippen molar-refractivity contribution in [2.45, 2.75) is 26.4 Å². The third-order valence-electron chi connectivity index (χ3n) is 4.34. The molecule has 1 atom stereocenters. The fourth-order valence-corrected chi connectivity index (χ4v) is 3.64. The SMILES string of the molecule is CCc1ccc(NC(=O)C(C)OC(=O)C2=CN3CCS(=O)(=O)N=C3C=C2)cc1. The number of esters is 1. The van der Waals surface area contributed by atoms with Crippen LogP contribution in [0.15, 0.2) is 52.6 Å². The Kier molecular flexibility index (Phi) is 5.64. The lowest BCUT2D eigenvalue weighted by molar-refractivity contribution is -0.149. The fraction of sp³-hybridized carbons (Fsp3) is 0.316. The molecule has 0 fully saturated rings. The van der Waals surface area contributed by atoms with Gasteiger partial charge in [0.05, 0.1) is 11.3 Å². The number of nitrogens with zero attached hydrogens (tertiary/aromatic N) is 2. The highest BCUT2D eigenvalue weighted by Crippen LogP contribution is 2.17. The first-order valence-electron chi connectivity index (χ1n) is 8.87. The summed E-state index contributed by atoms with van der Waals surface area (Å²) < 4.78 is 31.9. The number of aryl methyl sites for hydroxylation is 1. The van der Waals surface area contributed by atoms with E-state index in [1.54, 1.807) is 17.0 Å². The van der Waals surface area contributed by atoms with Crippen LogP contribution in [0.25, 0.3) is 0 Å². The number of hydrogen-bond donors (Lipinski definition) is 1. The van der Waals surface area contributed by atoms with Gasteiger partial charge in [0, 0.05) is 18.4 Å². The lowest BCUT2D eigenvalue weighted by atomic mass is 10.1. The standard InChI is InChI=1S/C19H21N3O5S/c1-3-14-4-7-16(8-5-14)20-18(23)13(2)27-19(24)15-6-9-17-21-28(25,26)11-10-22(17)12-15/h4-9,12-13H,3,10-11H2,1-2H3,(H,20,23). The predicted octanol–water partition coefficient (Wildman–Crippen LogP) is 1.62. The van der Waals surface area contributed by atoms with Crippen LogP contribution in [-0.2, 0) is 30.8 Å². The number of carbonyl (C=O) groups is 2. The van der Waals surface area contributed by atoms with E-state index in [1.165, 1.54) is 25.3 Å². The Morgan fingerprint density at radius 3 is 2.64 bits per heavy atom. The van der Waals surface area contributed by atoms with E-state index in [-0.39, 0.29) is 23.7 Å². The zero-order chi connectivity index (χ0) is 20.3. The minimum Gasteiger partial charge on any atom is -0.449 e. The summed E-state index contributed by atoms with van der Waals surface area (Å²) in [5.41, 5.74) is 1.99. The smallest absolute Gasteiger partial charge is 0.340 e. The first-order valence-corrected chi connectivity index (χ1v) is 10.5. The summed E-state index contributed by atoms with van der Waals surface area (Å²) in [4.78, 5) is 26.2. The van der Waals surface area contributed by atoms with Crippen LogP contribution >= 0.6 is 0 Å². The van der Waals surface area contributed by atoms with Crippen molar-refractivity contribution in [2.75, 3.05) is 17.6 Å². The quantitative estimate of drug-likeness (QED) is 0.749. The Labute approximate surface area is 163 Å². The van der Waals surface area contributed by atoms with Gasteiger partial charge in [0.1, 0.15) is 5.84 Å². The van der Waals surface area contributed by atoms with Crippen molar-refractivity contribution in [3.05, 3.63) is 53.8 Å². The molecule has 28 heavy (non-hydrogen) atoms. The van der Waals surface area contributed by atoms with Crippen molar-refractivity contribution in [1.29, 1.82) is 0 Å². The number of fused-ring (bicyclic) bond motifs is 1. The van der Waals surface area contributed by atoms with Gasteiger partial charge in [-0.05, 0) is 43.2 Å². The molecule has 2 aliphatic heterocycles. The normalized spacial score (nSPS) is 18.4. The average Bonchev–Trinajstić information content (AvgIpc) is 2.67. The van der Waals surface area contributed by atoms with Crippen LogP contribution in [-0.4, -0.2) is 49.4 Å². The van der Waals surface area contributed by atoms with E-state index in [2.05, 4.69) is 9.71 Å². The monoisotopic (exact) mass is 403 g/mol. The number of rotatable bonds is 5. The molecule has 9 heteroatoms. The fourth-order valence-electron chi connectivity index (χ4n) is 2.67. The van der Waals surface area contributed by atoms with E-state index in [9.17, 15) is 18.0 Å². The third kappa shape index (κ3) is 4.66. The first kappa shape index (κ1) is 19.8. The largest absolute Gasteiger partial charge is 0.449 e. The number of carbonyl (C=O) groups excluding carboxylic acids is 2. The van der Waals surface area contributed by atoms with Crippen LogP contribution in [0.3, 0.4) is 0 Å². The summed E-state index contributed by atoms with van der Waals surface area (Å²) in [6.45, 7) is 3.73. The van der Waals surface area contributed by atoms with Crippen LogP contribution < -0.4 is 5.32 Å². The maximum atomic E-state index is 12.3. The Bertz CT molecular complexity index is 977. The number of amides is 1. The van der Waals surface area contributed by atoms with Crippen LogP contribution in [0.1, 0.15) is 19.4 Å². The van der Waals surface area contributed by atoms with Crippen molar-refractivity contribution >= 4 is 33.4 Å². The zero-order valence-corrected chi connectivity index (χ0v) is 16.4. The molecule has 1 amide bonds. The van der Waals surface area contributed by atoms with Crippen molar-refractivity contribution < 1.29 is 22.7 Å². The van der Waals surface area contributed by atoms with Crippen LogP contribution in [0, 0.1) is 0 Å². The van der Waals surface area contributed by atoms with Crippen molar-refractivity contribution in [1.82, 2.24) is 4.90 Å². The van der Waals surface area contributed by atoms with Crippen molar-refractivity contribution in [3.63, 3.8) is 0 Å². The molecule has 1 aromatic rings. The topological polar surface area (TPSA) is 105 Å². The lowest BCUT2D eigenvalue weighted by Crippen LogP contribution is -2.37. The number of amidine groups is 1. The molecule has 1 unspecified atom stereocenters. The molecule has 0 spiro atoms. The molecule has 1 N–H and O–H groups in total. The Morgan fingerprint density at radius 1 is 1.25 bits per heavy atom. The summed E-state index contributed by atoms with van der Waals surface area (Å²) in [5, 5.41) is 2.71. The summed E-state index contributed by atoms with van der Waals surface area (Å²) in [6.07, 6.45) is 4.24. The van der Waals surface area contributed by atoms with Crippen molar-refractivity contribution in [2.24, 2.45) is 4.40 Å². The molecule has 0 aromatic heterocycles. The highest BCUT2D eigenvalue weighted by Gasteiger charge is 2.27. The summed E-state index contributed by atoms with van der Waals surface area (Å²) in [7, 11) is -3.46. The van der Waals surface area contributed by atoms with Gasteiger partial charge in [-0.25, -0.2) is 13.2 Å². The molecule has 2 aliphatic rings. The minimum absolute atomic E-state index is 0.126. The second kappa shape index (κ2) is 7.97. The summed E-state index contributed by atoms with van der Waals surface area (Å²) in [6, 6.07) is 7.43. The van der Waals surface area contributed by atoms with Gasteiger partial charge >= 0.3 is 5.97 Å². The van der Waals surface area contributed by atoms with Gasteiger partial charge in [0.2, 0.25) is 0 Å². The molecule has 0 saturated carbocycles. The zero-order valence-electron chi connectivity index (χ0n) is 15.6. The number of hydrogen-bond acceptors (Lipinski definition) is 6. The second-order valence-corrected chi connectivity index (χ2v) is 8.19. The maximum absolute atomic E-state index is 12.3. The van der Waals surface area contributed by atoms with Gasteiger partial charge in [-0.1, -0.05) is 19.1 Å². The Balaban J connectivity index is 1.60. The van der Waals surface area contributed by atoms with E-state index in [1.807, 2.05) is 19.1 Å². The van der Waals surface area contributed by atoms with Gasteiger partial charge in [-0.3, -0.25) is 4.79 Å². The van der Waals surface area contributed by atoms with Crippen LogP contribution in [0.2, 0.25) is 0 Å². The van der Waals surface area contributed by atoms with Gasteiger partial charge in [0.15, 0.2) is 6.10 Å². The molecule has 8 nitrogen and oxygen atoms in total. The van der Waals surface area contributed by atoms with Crippen LogP contribution in [0.4, 0.5) is 5.69 Å².